The molecule has 4 rings (SSSR count). The molecule has 0 saturated carbocycles. The molecule has 0 aliphatic heterocycles. The van der Waals surface area contributed by atoms with Crippen molar-refractivity contribution in [3.63, 3.8) is 0 Å². The number of rotatable bonds is 8. The zero-order valence-corrected chi connectivity index (χ0v) is 20.4. The summed E-state index contributed by atoms with van der Waals surface area (Å²) in [6.45, 7) is 4.57. The van der Waals surface area contributed by atoms with Crippen molar-refractivity contribution in [3.05, 3.63) is 83.8 Å². The third-order valence-corrected chi connectivity index (χ3v) is 7.54. The summed E-state index contributed by atoms with van der Waals surface area (Å²) in [7, 11) is -2.74. The fourth-order valence-corrected chi connectivity index (χ4v) is 5.58. The smallest absolute Gasteiger partial charge is 0.269 e. The number of pyridine rings is 2. The number of amides is 1. The van der Waals surface area contributed by atoms with Crippen molar-refractivity contribution in [2.24, 2.45) is 0 Å². The molecule has 3 heterocycles. The summed E-state index contributed by atoms with van der Waals surface area (Å²) in [5, 5.41) is 12.1. The minimum absolute atomic E-state index is 0.0448. The summed E-state index contributed by atoms with van der Waals surface area (Å²) in [6.07, 6.45) is 1.40. The molecule has 35 heavy (non-hydrogen) atoms. The summed E-state index contributed by atoms with van der Waals surface area (Å²) < 4.78 is 33.8. The SMILES string of the molecule is CCN(CC)C(=O)c1c(C(O)c2cc3cccnc3n2S(=O)(=O)c2ccccc2)ccnc1OC. The third kappa shape index (κ3) is 4.26. The number of methoxy groups -OCH3 is 1. The van der Waals surface area contributed by atoms with Crippen molar-refractivity contribution < 1.29 is 23.1 Å². The monoisotopic (exact) mass is 494 g/mol. The predicted octanol–water partition coefficient (Wildman–Crippen LogP) is 3.24. The standard InChI is InChI=1S/C25H26N4O5S/c1-4-28(5-2)25(31)21-19(13-15-27-24(21)34-3)22(30)20-16-17-10-9-14-26-23(17)29(20)35(32,33)18-11-7-6-8-12-18/h6-16,22,30H,4-5H2,1-3H3. The van der Waals surface area contributed by atoms with E-state index in [1.807, 2.05) is 13.8 Å². The normalized spacial score (nSPS) is 12.5. The van der Waals surface area contributed by atoms with E-state index in [2.05, 4.69) is 9.97 Å². The number of aromatic nitrogens is 3. The van der Waals surface area contributed by atoms with E-state index in [0.29, 0.717) is 18.5 Å². The minimum Gasteiger partial charge on any atom is -0.480 e. The molecule has 4 aromatic rings. The quantitative estimate of drug-likeness (QED) is 0.400. The second-order valence-electron chi connectivity index (χ2n) is 7.73. The first-order valence-corrected chi connectivity index (χ1v) is 12.6. The van der Waals surface area contributed by atoms with Gasteiger partial charge >= 0.3 is 0 Å². The Hall–Kier alpha value is -3.76. The number of carbonyl (C=O) groups excluding carboxylic acids is 1. The number of hydrogen-bond acceptors (Lipinski definition) is 7. The number of aliphatic hydroxyl groups is 1. The lowest BCUT2D eigenvalue weighted by Gasteiger charge is -2.23. The Morgan fingerprint density at radius 1 is 1.06 bits per heavy atom. The molecule has 0 aliphatic carbocycles. The van der Waals surface area contributed by atoms with Crippen LogP contribution in [0, 0.1) is 0 Å². The highest BCUT2D eigenvalue weighted by atomic mass is 32.2. The van der Waals surface area contributed by atoms with Crippen molar-refractivity contribution >= 4 is 27.0 Å². The molecule has 0 fully saturated rings. The number of benzene rings is 1. The van der Waals surface area contributed by atoms with Crippen LogP contribution in [0.4, 0.5) is 0 Å². The van der Waals surface area contributed by atoms with Gasteiger partial charge in [-0.1, -0.05) is 18.2 Å². The predicted molar refractivity (Wildman–Crippen MR) is 131 cm³/mol. The zero-order valence-electron chi connectivity index (χ0n) is 19.6. The summed E-state index contributed by atoms with van der Waals surface area (Å²) in [5.74, 6) is -0.328. The van der Waals surface area contributed by atoms with Crippen molar-refractivity contribution in [1.29, 1.82) is 0 Å². The minimum atomic E-state index is -4.13. The fourth-order valence-electron chi connectivity index (χ4n) is 4.05. The Bertz CT molecular complexity index is 1460. The zero-order chi connectivity index (χ0) is 25.2. The van der Waals surface area contributed by atoms with E-state index in [1.54, 1.807) is 41.3 Å². The molecule has 1 aromatic carbocycles. The first kappa shape index (κ1) is 24.4. The van der Waals surface area contributed by atoms with Gasteiger partial charge in [-0.15, -0.1) is 0 Å². The maximum absolute atomic E-state index is 13.7. The first-order valence-electron chi connectivity index (χ1n) is 11.1. The molecule has 1 atom stereocenters. The highest BCUT2D eigenvalue weighted by Gasteiger charge is 2.32. The van der Waals surface area contributed by atoms with Gasteiger partial charge in [0, 0.05) is 36.4 Å². The van der Waals surface area contributed by atoms with Gasteiger partial charge in [0.1, 0.15) is 11.7 Å². The van der Waals surface area contributed by atoms with E-state index in [-0.39, 0.29) is 39.2 Å². The van der Waals surface area contributed by atoms with Crippen molar-refractivity contribution in [1.82, 2.24) is 18.8 Å². The third-order valence-electron chi connectivity index (χ3n) is 5.81. The second-order valence-corrected chi connectivity index (χ2v) is 9.52. The molecule has 0 bridgehead atoms. The number of ether oxygens (including phenoxy) is 1. The Balaban J connectivity index is 1.98. The van der Waals surface area contributed by atoms with Crippen LogP contribution in [0.1, 0.15) is 41.6 Å². The van der Waals surface area contributed by atoms with Crippen LogP contribution in [0.25, 0.3) is 11.0 Å². The van der Waals surface area contributed by atoms with E-state index in [4.69, 9.17) is 4.74 Å². The average molecular weight is 495 g/mol. The summed E-state index contributed by atoms with van der Waals surface area (Å²) >= 11 is 0. The lowest BCUT2D eigenvalue weighted by molar-refractivity contribution is 0.0763. The number of aliphatic hydroxyl groups excluding tert-OH is 1. The molecule has 0 radical (unpaired) electrons. The van der Waals surface area contributed by atoms with Gasteiger partial charge in [-0.05, 0) is 50.2 Å². The topological polar surface area (TPSA) is 115 Å². The van der Waals surface area contributed by atoms with Crippen LogP contribution >= 0.6 is 0 Å². The van der Waals surface area contributed by atoms with Crippen molar-refractivity contribution in [2.45, 2.75) is 24.8 Å². The highest BCUT2D eigenvalue weighted by Crippen LogP contribution is 2.35. The molecule has 1 N–H and O–H groups in total. The first-order chi connectivity index (χ1) is 16.8. The Morgan fingerprint density at radius 3 is 2.43 bits per heavy atom. The van der Waals surface area contributed by atoms with Crippen LogP contribution in [0.3, 0.4) is 0 Å². The van der Waals surface area contributed by atoms with Gasteiger partial charge in [-0.25, -0.2) is 22.4 Å². The largest absolute Gasteiger partial charge is 0.480 e. The second kappa shape index (κ2) is 9.85. The number of fused-ring (bicyclic) bond motifs is 1. The molecule has 1 amide bonds. The lowest BCUT2D eigenvalue weighted by atomic mass is 10.0. The summed E-state index contributed by atoms with van der Waals surface area (Å²) in [6, 6.07) is 14.4. The molecule has 182 valence electrons. The molecule has 0 spiro atoms. The van der Waals surface area contributed by atoms with Crippen molar-refractivity contribution in [2.75, 3.05) is 20.2 Å². The van der Waals surface area contributed by atoms with Gasteiger partial charge in [-0.3, -0.25) is 4.79 Å². The van der Waals surface area contributed by atoms with E-state index in [0.717, 1.165) is 3.97 Å². The van der Waals surface area contributed by atoms with Crippen molar-refractivity contribution in [3.8, 4) is 5.88 Å². The fraction of sp³-hybridized carbons (Fsp3) is 0.240. The van der Waals surface area contributed by atoms with Crippen LogP contribution < -0.4 is 4.74 Å². The van der Waals surface area contributed by atoms with Crippen LogP contribution in [0.5, 0.6) is 5.88 Å². The van der Waals surface area contributed by atoms with Crippen LogP contribution in [0.2, 0.25) is 0 Å². The van der Waals surface area contributed by atoms with E-state index < -0.39 is 16.1 Å². The average Bonchev–Trinajstić information content (AvgIpc) is 3.29. The number of hydrogen-bond donors (Lipinski definition) is 1. The maximum atomic E-state index is 13.7. The van der Waals surface area contributed by atoms with E-state index in [1.165, 1.54) is 37.7 Å². The van der Waals surface area contributed by atoms with Crippen LogP contribution in [0.15, 0.2) is 71.9 Å². The lowest BCUT2D eigenvalue weighted by Crippen LogP contribution is -2.32. The van der Waals surface area contributed by atoms with Crippen LogP contribution in [-0.2, 0) is 10.0 Å². The molecule has 0 aliphatic rings. The summed E-state index contributed by atoms with van der Waals surface area (Å²) in [5.41, 5.74) is 0.474. The molecule has 9 nitrogen and oxygen atoms in total. The molecular weight excluding hydrogens is 468 g/mol. The van der Waals surface area contributed by atoms with E-state index >= 15 is 0 Å². The van der Waals surface area contributed by atoms with Gasteiger partial charge < -0.3 is 14.7 Å². The van der Waals surface area contributed by atoms with Crippen LogP contribution in [-0.4, -0.2) is 58.5 Å². The molecule has 3 aromatic heterocycles. The Morgan fingerprint density at radius 2 is 1.77 bits per heavy atom. The van der Waals surface area contributed by atoms with Gasteiger partial charge in [0.05, 0.1) is 17.7 Å². The Kier molecular flexibility index (Phi) is 6.86. The van der Waals surface area contributed by atoms with Gasteiger partial charge in [0.15, 0.2) is 5.65 Å². The molecule has 0 saturated heterocycles. The van der Waals surface area contributed by atoms with Gasteiger partial charge in [-0.2, -0.15) is 0 Å². The molecular formula is C25H26N4O5S. The highest BCUT2D eigenvalue weighted by molar-refractivity contribution is 7.90. The maximum Gasteiger partial charge on any atom is 0.269 e. The van der Waals surface area contributed by atoms with Gasteiger partial charge in [0.2, 0.25) is 5.88 Å². The van der Waals surface area contributed by atoms with Gasteiger partial charge in [0.25, 0.3) is 15.9 Å². The molecule has 10 heteroatoms. The summed E-state index contributed by atoms with van der Waals surface area (Å²) in [4.78, 5) is 23.4. The van der Waals surface area contributed by atoms with E-state index in [9.17, 15) is 18.3 Å². The Labute approximate surface area is 203 Å². The number of nitrogens with zero attached hydrogens (tertiary/aromatic N) is 4. The molecule has 1 unspecified atom stereocenters. The number of carbonyl (C=O) groups is 1.